The van der Waals surface area contributed by atoms with E-state index in [-0.39, 0.29) is 12.5 Å². The molecule has 2 N–H and O–H groups in total. The molecule has 4 nitrogen and oxygen atoms in total. The molecule has 20 heavy (non-hydrogen) atoms. The summed E-state index contributed by atoms with van der Waals surface area (Å²) in [4.78, 5) is 12.2. The molecule has 0 radical (unpaired) electrons. The van der Waals surface area contributed by atoms with Gasteiger partial charge in [-0.05, 0) is 43.7 Å². The summed E-state index contributed by atoms with van der Waals surface area (Å²) < 4.78 is 5.47. The van der Waals surface area contributed by atoms with Crippen LogP contribution in [0.4, 0.5) is 0 Å². The number of rotatable bonds is 6. The highest BCUT2D eigenvalue weighted by molar-refractivity contribution is 5.96. The topological polar surface area (TPSA) is 58.6 Å². The minimum atomic E-state index is -0.0994. The van der Waals surface area contributed by atoms with Crippen LogP contribution in [0, 0.1) is 11.8 Å². The molecule has 1 aliphatic carbocycles. The van der Waals surface area contributed by atoms with Crippen molar-refractivity contribution in [2.75, 3.05) is 19.8 Å². The highest BCUT2D eigenvalue weighted by atomic mass is 16.5. The molecule has 1 fully saturated rings. The average Bonchev–Trinajstić information content (AvgIpc) is 2.93. The van der Waals surface area contributed by atoms with Crippen LogP contribution in [0.25, 0.3) is 0 Å². The summed E-state index contributed by atoms with van der Waals surface area (Å²) >= 11 is 0. The van der Waals surface area contributed by atoms with Crippen molar-refractivity contribution in [1.29, 1.82) is 0 Å². The number of para-hydroxylation sites is 1. The zero-order chi connectivity index (χ0) is 14.4. The van der Waals surface area contributed by atoms with E-state index in [0.717, 1.165) is 19.3 Å². The van der Waals surface area contributed by atoms with E-state index < -0.39 is 0 Å². The maximum atomic E-state index is 12.2. The molecule has 1 amide bonds. The summed E-state index contributed by atoms with van der Waals surface area (Å²) in [6.45, 7) is 3.29. The van der Waals surface area contributed by atoms with Gasteiger partial charge in [0.2, 0.25) is 0 Å². The number of aliphatic hydroxyl groups excluding tert-OH is 1. The molecular weight excluding hydrogens is 254 g/mol. The van der Waals surface area contributed by atoms with Gasteiger partial charge in [0.05, 0.1) is 12.2 Å². The first kappa shape index (κ1) is 14.9. The highest BCUT2D eigenvalue weighted by Gasteiger charge is 2.27. The van der Waals surface area contributed by atoms with Gasteiger partial charge in [-0.2, -0.15) is 0 Å². The van der Waals surface area contributed by atoms with E-state index in [2.05, 4.69) is 5.32 Å². The number of aliphatic hydroxyl groups is 1. The van der Waals surface area contributed by atoms with Crippen LogP contribution in [-0.4, -0.2) is 30.8 Å². The fraction of sp³-hybridized carbons (Fsp3) is 0.562. The Balaban J connectivity index is 1.95. The van der Waals surface area contributed by atoms with Gasteiger partial charge in [-0.1, -0.05) is 18.6 Å². The second-order valence-corrected chi connectivity index (χ2v) is 5.27. The van der Waals surface area contributed by atoms with Crippen molar-refractivity contribution in [3.63, 3.8) is 0 Å². The van der Waals surface area contributed by atoms with Crippen LogP contribution >= 0.6 is 0 Å². The van der Waals surface area contributed by atoms with Crippen molar-refractivity contribution >= 4 is 5.91 Å². The number of hydrogen-bond acceptors (Lipinski definition) is 3. The number of carbonyl (C=O) groups excluding carboxylic acids is 1. The number of benzene rings is 1. The molecule has 0 heterocycles. The summed E-state index contributed by atoms with van der Waals surface area (Å²) in [7, 11) is 0. The molecule has 2 rings (SSSR count). The van der Waals surface area contributed by atoms with E-state index in [1.165, 1.54) is 0 Å². The molecule has 4 heteroatoms. The lowest BCUT2D eigenvalue weighted by atomic mass is 9.97. The third-order valence-corrected chi connectivity index (χ3v) is 4.01. The van der Waals surface area contributed by atoms with Gasteiger partial charge >= 0.3 is 0 Å². The lowest BCUT2D eigenvalue weighted by Crippen LogP contribution is -2.31. The SMILES string of the molecule is CCOc1ccccc1C(=O)NCC1CCCC1CO. The molecule has 1 saturated carbocycles. The first-order valence-corrected chi connectivity index (χ1v) is 7.37. The Morgan fingerprint density at radius 2 is 2.10 bits per heavy atom. The third-order valence-electron chi connectivity index (χ3n) is 4.01. The van der Waals surface area contributed by atoms with Crippen LogP contribution in [0.3, 0.4) is 0 Å². The first-order valence-electron chi connectivity index (χ1n) is 7.37. The van der Waals surface area contributed by atoms with Crippen LogP contribution in [0.5, 0.6) is 5.75 Å². The van der Waals surface area contributed by atoms with E-state index >= 15 is 0 Å². The summed E-state index contributed by atoms with van der Waals surface area (Å²) in [5.74, 6) is 1.25. The van der Waals surface area contributed by atoms with Crippen LogP contribution in [0.15, 0.2) is 24.3 Å². The molecule has 0 saturated heterocycles. The minimum absolute atomic E-state index is 0.0994. The number of carbonyl (C=O) groups is 1. The van der Waals surface area contributed by atoms with Gasteiger partial charge in [-0.3, -0.25) is 4.79 Å². The van der Waals surface area contributed by atoms with Crippen LogP contribution in [0.1, 0.15) is 36.5 Å². The van der Waals surface area contributed by atoms with E-state index in [1.807, 2.05) is 25.1 Å². The lowest BCUT2D eigenvalue weighted by Gasteiger charge is -2.18. The Labute approximate surface area is 120 Å². The molecule has 110 valence electrons. The van der Waals surface area contributed by atoms with Gasteiger partial charge in [0.1, 0.15) is 5.75 Å². The quantitative estimate of drug-likeness (QED) is 0.838. The Morgan fingerprint density at radius 1 is 1.35 bits per heavy atom. The molecule has 2 atom stereocenters. The number of ether oxygens (including phenoxy) is 1. The normalized spacial score (nSPS) is 21.7. The summed E-state index contributed by atoms with van der Waals surface area (Å²) in [6, 6.07) is 7.28. The zero-order valence-corrected chi connectivity index (χ0v) is 12.0. The average molecular weight is 277 g/mol. The van der Waals surface area contributed by atoms with Gasteiger partial charge < -0.3 is 15.2 Å². The largest absolute Gasteiger partial charge is 0.493 e. The lowest BCUT2D eigenvalue weighted by molar-refractivity contribution is 0.0934. The maximum Gasteiger partial charge on any atom is 0.255 e. The number of amides is 1. The second-order valence-electron chi connectivity index (χ2n) is 5.27. The molecule has 0 spiro atoms. The Kier molecular flexibility index (Phi) is 5.41. The van der Waals surface area contributed by atoms with Crippen LogP contribution < -0.4 is 10.1 Å². The minimum Gasteiger partial charge on any atom is -0.493 e. The summed E-state index contributed by atoms with van der Waals surface area (Å²) in [5, 5.41) is 12.3. The molecule has 1 aromatic carbocycles. The van der Waals surface area contributed by atoms with Crippen molar-refractivity contribution < 1.29 is 14.6 Å². The predicted octanol–water partition coefficient (Wildman–Crippen LogP) is 2.22. The first-order chi connectivity index (χ1) is 9.76. The smallest absolute Gasteiger partial charge is 0.255 e. The molecule has 0 aliphatic heterocycles. The maximum absolute atomic E-state index is 12.2. The molecule has 1 aromatic rings. The van der Waals surface area contributed by atoms with Crippen molar-refractivity contribution in [3.8, 4) is 5.75 Å². The van der Waals surface area contributed by atoms with Gasteiger partial charge in [-0.15, -0.1) is 0 Å². The Hall–Kier alpha value is -1.55. The highest BCUT2D eigenvalue weighted by Crippen LogP contribution is 2.30. The van der Waals surface area contributed by atoms with Crippen molar-refractivity contribution in [2.24, 2.45) is 11.8 Å². The van der Waals surface area contributed by atoms with Crippen molar-refractivity contribution in [2.45, 2.75) is 26.2 Å². The third kappa shape index (κ3) is 3.51. The zero-order valence-electron chi connectivity index (χ0n) is 12.0. The van der Waals surface area contributed by atoms with Crippen LogP contribution in [-0.2, 0) is 0 Å². The monoisotopic (exact) mass is 277 g/mol. The predicted molar refractivity (Wildman–Crippen MR) is 77.9 cm³/mol. The fourth-order valence-corrected chi connectivity index (χ4v) is 2.88. The fourth-order valence-electron chi connectivity index (χ4n) is 2.88. The molecule has 0 aromatic heterocycles. The molecule has 0 bridgehead atoms. The van der Waals surface area contributed by atoms with Crippen molar-refractivity contribution in [3.05, 3.63) is 29.8 Å². The standard InChI is InChI=1S/C16H23NO3/c1-2-20-15-9-4-3-8-14(15)16(19)17-10-12-6-5-7-13(12)11-18/h3-4,8-9,12-13,18H,2,5-7,10-11H2,1H3,(H,17,19). The van der Waals surface area contributed by atoms with Gasteiger partial charge in [0.15, 0.2) is 0 Å². The van der Waals surface area contributed by atoms with E-state index in [0.29, 0.717) is 36.3 Å². The molecule has 1 aliphatic rings. The van der Waals surface area contributed by atoms with E-state index in [1.54, 1.807) is 6.07 Å². The van der Waals surface area contributed by atoms with E-state index in [9.17, 15) is 9.90 Å². The summed E-state index contributed by atoms with van der Waals surface area (Å²) in [6.07, 6.45) is 3.28. The second kappa shape index (κ2) is 7.29. The summed E-state index contributed by atoms with van der Waals surface area (Å²) in [5.41, 5.74) is 0.577. The van der Waals surface area contributed by atoms with Crippen molar-refractivity contribution in [1.82, 2.24) is 5.32 Å². The molecular formula is C16H23NO3. The number of nitrogens with one attached hydrogen (secondary N) is 1. The van der Waals surface area contributed by atoms with Gasteiger partial charge in [0.25, 0.3) is 5.91 Å². The van der Waals surface area contributed by atoms with Gasteiger partial charge in [-0.25, -0.2) is 0 Å². The van der Waals surface area contributed by atoms with Crippen LogP contribution in [0.2, 0.25) is 0 Å². The Morgan fingerprint density at radius 3 is 2.85 bits per heavy atom. The molecule has 2 unspecified atom stereocenters. The number of hydrogen-bond donors (Lipinski definition) is 2. The Bertz CT molecular complexity index is 447. The van der Waals surface area contributed by atoms with Gasteiger partial charge in [0, 0.05) is 13.2 Å². The van der Waals surface area contributed by atoms with E-state index in [4.69, 9.17) is 4.74 Å².